The van der Waals surface area contributed by atoms with Gasteiger partial charge >= 0.3 is 18.0 Å². The van der Waals surface area contributed by atoms with Crippen LogP contribution in [0, 0.1) is 0 Å². The molecule has 2 aromatic rings. The summed E-state index contributed by atoms with van der Waals surface area (Å²) in [6.07, 6.45) is 0. The maximum atomic E-state index is 12.3. The minimum absolute atomic E-state index is 0.227. The molecule has 0 unspecified atom stereocenters. The number of hydrogen-bond acceptors (Lipinski definition) is 5. The van der Waals surface area contributed by atoms with Crippen molar-refractivity contribution < 1.29 is 23.9 Å². The molecule has 1 aliphatic heterocycles. The third-order valence-electron chi connectivity index (χ3n) is 4.20. The quantitative estimate of drug-likeness (QED) is 0.614. The third kappa shape index (κ3) is 4.20. The molecule has 0 saturated heterocycles. The number of urea groups is 1. The summed E-state index contributed by atoms with van der Waals surface area (Å²) in [5, 5.41) is 5.31. The fourth-order valence-corrected chi connectivity index (χ4v) is 2.89. The fraction of sp³-hybridized carbons (Fsp3) is 0.190. The summed E-state index contributed by atoms with van der Waals surface area (Å²) in [7, 11) is 0. The number of esters is 2. The normalized spacial score (nSPS) is 16.1. The number of carbonyl (C=O) groups excluding carboxylic acids is 3. The largest absolute Gasteiger partial charge is 0.463 e. The molecule has 7 heteroatoms. The molecule has 1 atom stereocenters. The Hall–Kier alpha value is -3.61. The molecule has 0 aliphatic carbocycles. The lowest BCUT2D eigenvalue weighted by molar-refractivity contribution is -0.139. The maximum absolute atomic E-state index is 12.3. The van der Waals surface area contributed by atoms with E-state index in [9.17, 15) is 14.4 Å². The molecule has 2 amide bonds. The van der Waals surface area contributed by atoms with Crippen molar-refractivity contribution in [2.24, 2.45) is 0 Å². The fourth-order valence-electron chi connectivity index (χ4n) is 2.89. The Morgan fingerprint density at radius 1 is 1.00 bits per heavy atom. The molecule has 1 aliphatic rings. The topological polar surface area (TPSA) is 93.7 Å². The second-order valence-corrected chi connectivity index (χ2v) is 6.12. The summed E-state index contributed by atoms with van der Waals surface area (Å²) in [5.74, 6) is -0.611. The van der Waals surface area contributed by atoms with Crippen LogP contribution in [0.3, 0.4) is 0 Å². The van der Waals surface area contributed by atoms with Gasteiger partial charge in [-0.1, -0.05) is 30.3 Å². The average molecular weight is 380 g/mol. The highest BCUT2D eigenvalue weighted by molar-refractivity contribution is 5.95. The SMILES string of the molecule is CCOC(=O)C1=C(C)NC(=O)N[C@@H]1c1ccc(OC(=O)c2ccccc2)cc1. The van der Waals surface area contributed by atoms with Gasteiger partial charge in [-0.2, -0.15) is 0 Å². The van der Waals surface area contributed by atoms with Gasteiger partial charge in [-0.25, -0.2) is 14.4 Å². The molecule has 2 aromatic carbocycles. The van der Waals surface area contributed by atoms with Crippen molar-refractivity contribution >= 4 is 18.0 Å². The van der Waals surface area contributed by atoms with Gasteiger partial charge in [-0.05, 0) is 43.7 Å². The second-order valence-electron chi connectivity index (χ2n) is 6.12. The molecule has 0 bridgehead atoms. The van der Waals surface area contributed by atoms with E-state index >= 15 is 0 Å². The van der Waals surface area contributed by atoms with Crippen LogP contribution < -0.4 is 15.4 Å². The van der Waals surface area contributed by atoms with Crippen molar-refractivity contribution in [1.29, 1.82) is 0 Å². The van der Waals surface area contributed by atoms with Crippen LogP contribution >= 0.6 is 0 Å². The minimum atomic E-state index is -0.660. The van der Waals surface area contributed by atoms with E-state index in [1.807, 2.05) is 6.07 Å². The highest BCUT2D eigenvalue weighted by atomic mass is 16.5. The van der Waals surface area contributed by atoms with Crippen LogP contribution in [0.1, 0.15) is 35.8 Å². The van der Waals surface area contributed by atoms with E-state index in [0.717, 1.165) is 0 Å². The van der Waals surface area contributed by atoms with Crippen molar-refractivity contribution in [3.63, 3.8) is 0 Å². The summed E-state index contributed by atoms with van der Waals surface area (Å²) in [6, 6.07) is 14.2. The number of nitrogens with one attached hydrogen (secondary N) is 2. The number of rotatable bonds is 5. The van der Waals surface area contributed by atoms with Gasteiger partial charge in [0, 0.05) is 5.70 Å². The van der Waals surface area contributed by atoms with E-state index in [2.05, 4.69) is 10.6 Å². The second kappa shape index (κ2) is 8.39. The molecule has 0 spiro atoms. The van der Waals surface area contributed by atoms with Crippen LogP contribution in [0.2, 0.25) is 0 Å². The van der Waals surface area contributed by atoms with E-state index in [-0.39, 0.29) is 6.61 Å². The van der Waals surface area contributed by atoms with Crippen LogP contribution in [0.25, 0.3) is 0 Å². The Kier molecular flexibility index (Phi) is 5.74. The first-order valence-corrected chi connectivity index (χ1v) is 8.82. The van der Waals surface area contributed by atoms with Crippen molar-refractivity contribution in [2.75, 3.05) is 6.61 Å². The molecule has 144 valence electrons. The van der Waals surface area contributed by atoms with Crippen molar-refractivity contribution in [3.8, 4) is 5.75 Å². The summed E-state index contributed by atoms with van der Waals surface area (Å²) in [4.78, 5) is 36.3. The molecule has 0 radical (unpaired) electrons. The van der Waals surface area contributed by atoms with Crippen molar-refractivity contribution in [2.45, 2.75) is 19.9 Å². The molecule has 28 heavy (non-hydrogen) atoms. The molecular weight excluding hydrogens is 360 g/mol. The summed E-state index contributed by atoms with van der Waals surface area (Å²) in [5.41, 5.74) is 1.87. The van der Waals surface area contributed by atoms with Crippen LogP contribution in [0.5, 0.6) is 5.75 Å². The molecule has 0 saturated carbocycles. The molecule has 7 nitrogen and oxygen atoms in total. The zero-order valence-corrected chi connectivity index (χ0v) is 15.5. The van der Waals surface area contributed by atoms with E-state index in [4.69, 9.17) is 9.47 Å². The predicted molar refractivity (Wildman–Crippen MR) is 102 cm³/mol. The zero-order valence-electron chi connectivity index (χ0n) is 15.5. The summed E-state index contributed by atoms with van der Waals surface area (Å²) in [6.45, 7) is 3.59. The highest BCUT2D eigenvalue weighted by Crippen LogP contribution is 2.29. The van der Waals surface area contributed by atoms with Crippen LogP contribution in [0.15, 0.2) is 65.9 Å². The smallest absolute Gasteiger partial charge is 0.343 e. The van der Waals surface area contributed by atoms with Gasteiger partial charge in [0.15, 0.2) is 0 Å². The van der Waals surface area contributed by atoms with Gasteiger partial charge in [0.25, 0.3) is 0 Å². The monoisotopic (exact) mass is 380 g/mol. The molecule has 3 rings (SSSR count). The van der Waals surface area contributed by atoms with Crippen LogP contribution in [-0.2, 0) is 9.53 Å². The average Bonchev–Trinajstić information content (AvgIpc) is 2.68. The first-order valence-electron chi connectivity index (χ1n) is 8.82. The minimum Gasteiger partial charge on any atom is -0.463 e. The van der Waals surface area contributed by atoms with Crippen molar-refractivity contribution in [3.05, 3.63) is 77.0 Å². The van der Waals surface area contributed by atoms with Crippen LogP contribution in [0.4, 0.5) is 4.79 Å². The lowest BCUT2D eigenvalue weighted by Crippen LogP contribution is -2.45. The number of carbonyl (C=O) groups is 3. The molecule has 1 heterocycles. The third-order valence-corrected chi connectivity index (χ3v) is 4.20. The van der Waals surface area contributed by atoms with E-state index in [1.165, 1.54) is 0 Å². The van der Waals surface area contributed by atoms with Gasteiger partial charge in [0.2, 0.25) is 0 Å². The van der Waals surface area contributed by atoms with Gasteiger partial charge in [-0.15, -0.1) is 0 Å². The summed E-state index contributed by atoms with van der Waals surface area (Å²) >= 11 is 0. The van der Waals surface area contributed by atoms with Crippen molar-refractivity contribution in [1.82, 2.24) is 10.6 Å². The Bertz CT molecular complexity index is 920. The first kappa shape index (κ1) is 19.2. The van der Waals surface area contributed by atoms with Gasteiger partial charge in [0.1, 0.15) is 5.75 Å². The maximum Gasteiger partial charge on any atom is 0.343 e. The standard InChI is InChI=1S/C21H20N2O5/c1-3-27-20(25)17-13(2)22-21(26)23-18(17)14-9-11-16(12-10-14)28-19(24)15-7-5-4-6-8-15/h4-12,18H,3H2,1-2H3,(H2,22,23,26)/t18-/m1/s1. The van der Waals surface area contributed by atoms with E-state index in [1.54, 1.807) is 62.4 Å². The Morgan fingerprint density at radius 3 is 2.32 bits per heavy atom. The first-order chi connectivity index (χ1) is 13.5. The summed E-state index contributed by atoms with van der Waals surface area (Å²) < 4.78 is 10.5. The Labute approximate surface area is 162 Å². The Morgan fingerprint density at radius 2 is 1.68 bits per heavy atom. The molecule has 0 fully saturated rings. The number of amides is 2. The molecular formula is C21H20N2O5. The predicted octanol–water partition coefficient (Wildman–Crippen LogP) is 3.10. The molecule has 2 N–H and O–H groups in total. The zero-order chi connectivity index (χ0) is 20.1. The highest BCUT2D eigenvalue weighted by Gasteiger charge is 2.32. The number of hydrogen-bond donors (Lipinski definition) is 2. The lowest BCUT2D eigenvalue weighted by atomic mass is 9.95. The number of ether oxygens (including phenoxy) is 2. The van der Waals surface area contributed by atoms with Gasteiger partial charge < -0.3 is 20.1 Å². The van der Waals surface area contributed by atoms with Gasteiger partial charge in [0.05, 0.1) is 23.8 Å². The van der Waals surface area contributed by atoms with E-state index < -0.39 is 24.0 Å². The number of allylic oxidation sites excluding steroid dienone is 1. The number of benzene rings is 2. The van der Waals surface area contributed by atoms with Crippen LogP contribution in [-0.4, -0.2) is 24.6 Å². The Balaban J connectivity index is 1.81. The van der Waals surface area contributed by atoms with E-state index in [0.29, 0.717) is 28.1 Å². The van der Waals surface area contributed by atoms with Gasteiger partial charge in [-0.3, -0.25) is 0 Å². The lowest BCUT2D eigenvalue weighted by Gasteiger charge is -2.28. The molecule has 0 aromatic heterocycles.